The van der Waals surface area contributed by atoms with Crippen LogP contribution in [0.4, 0.5) is 0 Å². The number of rotatable bonds is 7. The molecule has 0 saturated carbocycles. The molecule has 0 aromatic heterocycles. The van der Waals surface area contributed by atoms with Gasteiger partial charge in [-0.25, -0.2) is 0 Å². The molecule has 0 unspecified atom stereocenters. The zero-order valence-electron chi connectivity index (χ0n) is 16.1. The molecule has 0 spiro atoms. The van der Waals surface area contributed by atoms with Crippen LogP contribution in [-0.2, 0) is 14.4 Å². The zero-order valence-corrected chi connectivity index (χ0v) is 16.9. The molecule has 1 fully saturated rings. The number of halogens is 1. The van der Waals surface area contributed by atoms with Crippen LogP contribution in [0.1, 0.15) is 43.7 Å². The van der Waals surface area contributed by atoms with Crippen LogP contribution < -0.4 is 10.1 Å². The molecule has 1 aliphatic rings. The van der Waals surface area contributed by atoms with Gasteiger partial charge in [0.2, 0.25) is 5.91 Å². The van der Waals surface area contributed by atoms with Crippen molar-refractivity contribution in [1.82, 2.24) is 10.2 Å². The molecule has 1 aromatic carbocycles. The first-order valence-electron chi connectivity index (χ1n) is 9.22. The fraction of sp³-hybridized carbons (Fsp3) is 0.550. The molecule has 2 rings (SSSR count). The minimum Gasteiger partial charge on any atom is -0.484 e. The number of likely N-dealkylation sites (tertiary alicyclic amines) is 1. The third-order valence-electron chi connectivity index (χ3n) is 4.69. The van der Waals surface area contributed by atoms with Crippen molar-refractivity contribution in [2.75, 3.05) is 19.7 Å². The van der Waals surface area contributed by atoms with E-state index in [4.69, 9.17) is 16.3 Å². The molecular formula is C20H27ClN2O4. The quantitative estimate of drug-likeness (QED) is 0.771. The molecular weight excluding hydrogens is 368 g/mol. The third kappa shape index (κ3) is 6.54. The third-order valence-corrected chi connectivity index (χ3v) is 5.29. The average molecular weight is 395 g/mol. The summed E-state index contributed by atoms with van der Waals surface area (Å²) in [6.07, 6.45) is 1.90. The maximum atomic E-state index is 12.4. The first-order chi connectivity index (χ1) is 12.8. The molecule has 148 valence electrons. The molecule has 1 heterocycles. The summed E-state index contributed by atoms with van der Waals surface area (Å²) >= 11 is 6.14. The van der Waals surface area contributed by atoms with E-state index in [1.54, 1.807) is 4.90 Å². The monoisotopic (exact) mass is 394 g/mol. The number of ether oxygens (including phenoxy) is 1. The number of ketones is 1. The van der Waals surface area contributed by atoms with Gasteiger partial charge < -0.3 is 19.7 Å². The Morgan fingerprint density at radius 1 is 1.15 bits per heavy atom. The highest BCUT2D eigenvalue weighted by Gasteiger charge is 2.24. The largest absolute Gasteiger partial charge is 0.484 e. The number of aryl methyl sites for hydroxylation is 2. The van der Waals surface area contributed by atoms with Crippen molar-refractivity contribution in [1.29, 1.82) is 0 Å². The van der Waals surface area contributed by atoms with Crippen LogP contribution in [-0.4, -0.2) is 48.2 Å². The number of carbonyl (C=O) groups is 3. The first kappa shape index (κ1) is 21.2. The van der Waals surface area contributed by atoms with Crippen LogP contribution in [0.25, 0.3) is 0 Å². The lowest BCUT2D eigenvalue weighted by molar-refractivity contribution is -0.134. The smallest absolute Gasteiger partial charge is 0.260 e. The minimum atomic E-state index is -0.105. The van der Waals surface area contributed by atoms with E-state index in [0.29, 0.717) is 36.7 Å². The SMILES string of the molecule is CC(=O)CCC(=O)NC1CCN(C(=O)COc2cc(C)c(Cl)c(C)c2)CC1. The van der Waals surface area contributed by atoms with Crippen LogP contribution >= 0.6 is 11.6 Å². The van der Waals surface area contributed by atoms with Gasteiger partial charge in [0, 0.05) is 37.0 Å². The molecule has 1 aromatic rings. The molecule has 0 bridgehead atoms. The summed E-state index contributed by atoms with van der Waals surface area (Å²) in [5, 5.41) is 3.65. The number of benzene rings is 1. The van der Waals surface area contributed by atoms with Crippen molar-refractivity contribution in [3.8, 4) is 5.75 Å². The fourth-order valence-electron chi connectivity index (χ4n) is 3.09. The second-order valence-electron chi connectivity index (χ2n) is 7.08. The minimum absolute atomic E-state index is 0.0108. The van der Waals surface area contributed by atoms with Gasteiger partial charge in [0.05, 0.1) is 0 Å². The van der Waals surface area contributed by atoms with E-state index in [-0.39, 0.29) is 43.1 Å². The lowest BCUT2D eigenvalue weighted by Gasteiger charge is -2.32. The number of Topliss-reactive ketones (excluding diaryl/α,β-unsaturated/α-hetero) is 1. The Labute approximate surface area is 165 Å². The molecule has 2 amide bonds. The topological polar surface area (TPSA) is 75.7 Å². The molecule has 0 atom stereocenters. The molecule has 27 heavy (non-hydrogen) atoms. The Hall–Kier alpha value is -2.08. The van der Waals surface area contributed by atoms with Gasteiger partial charge >= 0.3 is 0 Å². The Kier molecular flexibility index (Phi) is 7.66. The van der Waals surface area contributed by atoms with E-state index < -0.39 is 0 Å². The number of nitrogens with zero attached hydrogens (tertiary/aromatic N) is 1. The number of carbonyl (C=O) groups excluding carboxylic acids is 3. The normalized spacial score (nSPS) is 14.7. The predicted molar refractivity (Wildman–Crippen MR) is 104 cm³/mol. The average Bonchev–Trinajstić information content (AvgIpc) is 2.63. The van der Waals surface area contributed by atoms with E-state index in [2.05, 4.69) is 5.32 Å². The van der Waals surface area contributed by atoms with E-state index in [9.17, 15) is 14.4 Å². The molecule has 0 aliphatic carbocycles. The Morgan fingerprint density at radius 3 is 2.30 bits per heavy atom. The van der Waals surface area contributed by atoms with Gasteiger partial charge in [-0.1, -0.05) is 11.6 Å². The number of piperidine rings is 1. The van der Waals surface area contributed by atoms with Gasteiger partial charge in [-0.15, -0.1) is 0 Å². The highest BCUT2D eigenvalue weighted by atomic mass is 35.5. The van der Waals surface area contributed by atoms with Crippen LogP contribution in [0.2, 0.25) is 5.02 Å². The van der Waals surface area contributed by atoms with Gasteiger partial charge in [0.1, 0.15) is 11.5 Å². The van der Waals surface area contributed by atoms with Crippen molar-refractivity contribution in [3.63, 3.8) is 0 Å². The lowest BCUT2D eigenvalue weighted by Crippen LogP contribution is -2.47. The van der Waals surface area contributed by atoms with Crippen LogP contribution in [0.15, 0.2) is 12.1 Å². The summed E-state index contributed by atoms with van der Waals surface area (Å²) in [4.78, 5) is 36.9. The number of amides is 2. The van der Waals surface area contributed by atoms with Gasteiger partial charge in [-0.3, -0.25) is 9.59 Å². The van der Waals surface area contributed by atoms with Crippen molar-refractivity contribution in [2.24, 2.45) is 0 Å². The highest BCUT2D eigenvalue weighted by Crippen LogP contribution is 2.26. The Balaban J connectivity index is 1.75. The Morgan fingerprint density at radius 2 is 1.74 bits per heavy atom. The highest BCUT2D eigenvalue weighted by molar-refractivity contribution is 6.32. The lowest BCUT2D eigenvalue weighted by atomic mass is 10.0. The molecule has 1 aliphatic heterocycles. The second kappa shape index (κ2) is 9.74. The predicted octanol–water partition coefficient (Wildman–Crippen LogP) is 2.81. The zero-order chi connectivity index (χ0) is 20.0. The van der Waals surface area contributed by atoms with Crippen molar-refractivity contribution in [3.05, 3.63) is 28.3 Å². The van der Waals surface area contributed by atoms with Crippen molar-refractivity contribution in [2.45, 2.75) is 52.5 Å². The molecule has 1 N–H and O–H groups in total. The van der Waals surface area contributed by atoms with E-state index in [1.165, 1.54) is 6.92 Å². The summed E-state index contributed by atoms with van der Waals surface area (Å²) < 4.78 is 5.63. The standard InChI is InChI=1S/C20H27ClN2O4/c1-13-10-17(11-14(2)20(13)21)27-12-19(26)23-8-6-16(7-9-23)22-18(25)5-4-15(3)24/h10-11,16H,4-9,12H2,1-3H3,(H,22,25). The van der Waals surface area contributed by atoms with E-state index in [1.807, 2.05) is 26.0 Å². The summed E-state index contributed by atoms with van der Waals surface area (Å²) in [6.45, 7) is 6.43. The summed E-state index contributed by atoms with van der Waals surface area (Å²) in [6, 6.07) is 3.70. The summed E-state index contributed by atoms with van der Waals surface area (Å²) in [7, 11) is 0. The van der Waals surface area contributed by atoms with Gasteiger partial charge in [-0.05, 0) is 56.9 Å². The summed E-state index contributed by atoms with van der Waals surface area (Å²) in [5.74, 6) is 0.473. The molecule has 7 heteroatoms. The fourth-order valence-corrected chi connectivity index (χ4v) is 3.20. The maximum Gasteiger partial charge on any atom is 0.260 e. The van der Waals surface area contributed by atoms with Crippen LogP contribution in [0.5, 0.6) is 5.75 Å². The van der Waals surface area contributed by atoms with Gasteiger partial charge in [0.25, 0.3) is 5.91 Å². The van der Waals surface area contributed by atoms with Crippen LogP contribution in [0, 0.1) is 13.8 Å². The van der Waals surface area contributed by atoms with E-state index in [0.717, 1.165) is 11.1 Å². The van der Waals surface area contributed by atoms with Crippen molar-refractivity contribution < 1.29 is 19.1 Å². The number of hydrogen-bond donors (Lipinski definition) is 1. The Bertz CT molecular complexity index is 689. The second-order valence-corrected chi connectivity index (χ2v) is 7.46. The number of nitrogens with one attached hydrogen (secondary N) is 1. The van der Waals surface area contributed by atoms with Gasteiger partial charge in [0.15, 0.2) is 6.61 Å². The first-order valence-corrected chi connectivity index (χ1v) is 9.60. The number of hydrogen-bond acceptors (Lipinski definition) is 4. The maximum absolute atomic E-state index is 12.4. The molecule has 1 saturated heterocycles. The van der Waals surface area contributed by atoms with E-state index >= 15 is 0 Å². The van der Waals surface area contributed by atoms with Gasteiger partial charge in [-0.2, -0.15) is 0 Å². The molecule has 0 radical (unpaired) electrons. The molecule has 6 nitrogen and oxygen atoms in total. The van der Waals surface area contributed by atoms with Crippen LogP contribution in [0.3, 0.4) is 0 Å². The van der Waals surface area contributed by atoms with Crippen molar-refractivity contribution >= 4 is 29.2 Å². The summed E-state index contributed by atoms with van der Waals surface area (Å²) in [5.41, 5.74) is 1.83.